The minimum Gasteiger partial charge on any atom is -0.395 e. The molecule has 0 aromatic heterocycles. The van der Waals surface area contributed by atoms with Crippen LogP contribution in [0.3, 0.4) is 0 Å². The molecular formula is C15H22F3NO3. The number of hydrogen-bond donors (Lipinski definition) is 3. The summed E-state index contributed by atoms with van der Waals surface area (Å²) in [5.41, 5.74) is -1.33. The maximum Gasteiger partial charge on any atom is 0.416 e. The number of nitrogens with one attached hydrogen (secondary N) is 1. The van der Waals surface area contributed by atoms with Gasteiger partial charge in [0.15, 0.2) is 0 Å². The first-order chi connectivity index (χ1) is 10.0. The number of aliphatic hydroxyl groups is 2. The van der Waals surface area contributed by atoms with Gasteiger partial charge in [0.05, 0.1) is 17.8 Å². The van der Waals surface area contributed by atoms with Gasteiger partial charge in [-0.1, -0.05) is 18.2 Å². The number of ether oxygens (including phenoxy) is 1. The Bertz CT molecular complexity index is 472. The summed E-state index contributed by atoms with van der Waals surface area (Å²) in [5, 5.41) is 21.6. The molecule has 1 aromatic rings. The molecule has 0 saturated heterocycles. The number of aliphatic hydroxyl groups excluding tert-OH is 2. The summed E-state index contributed by atoms with van der Waals surface area (Å²) in [4.78, 5) is 0. The topological polar surface area (TPSA) is 61.7 Å². The summed E-state index contributed by atoms with van der Waals surface area (Å²) in [6.45, 7) is 4.75. The number of rotatable bonds is 6. The molecule has 0 aliphatic heterocycles. The highest BCUT2D eigenvalue weighted by Crippen LogP contribution is 2.32. The summed E-state index contributed by atoms with van der Waals surface area (Å²) >= 11 is 0. The molecule has 1 unspecified atom stereocenters. The van der Waals surface area contributed by atoms with E-state index in [2.05, 4.69) is 5.32 Å². The van der Waals surface area contributed by atoms with Gasteiger partial charge in [-0.05, 0) is 38.8 Å². The standard InChI is InChI=1S/C15H22F3NO3/c1-14(2,3)22-13(21)19-11(9-20)8-10-6-4-5-7-12(10)15(16,17)18/h4-7,11,13,19-21H,8-9H2,1-3H3/t11-,13?/m0/s1. The van der Waals surface area contributed by atoms with Crippen molar-refractivity contribution < 1.29 is 28.1 Å². The van der Waals surface area contributed by atoms with Gasteiger partial charge in [-0.3, -0.25) is 5.32 Å². The Morgan fingerprint density at radius 3 is 2.27 bits per heavy atom. The average molecular weight is 321 g/mol. The van der Waals surface area contributed by atoms with Crippen molar-refractivity contribution in [3.05, 3.63) is 35.4 Å². The van der Waals surface area contributed by atoms with E-state index in [0.29, 0.717) is 0 Å². The SMILES string of the molecule is CC(C)(C)OC(O)N[C@H](CO)Cc1ccccc1C(F)(F)F. The summed E-state index contributed by atoms with van der Waals surface area (Å²) in [5.74, 6) is 0. The molecule has 1 aromatic carbocycles. The van der Waals surface area contributed by atoms with Crippen molar-refractivity contribution in [2.24, 2.45) is 0 Å². The van der Waals surface area contributed by atoms with E-state index >= 15 is 0 Å². The van der Waals surface area contributed by atoms with Gasteiger partial charge in [0.25, 0.3) is 0 Å². The molecule has 4 nitrogen and oxygen atoms in total. The van der Waals surface area contributed by atoms with E-state index < -0.39 is 36.4 Å². The van der Waals surface area contributed by atoms with Gasteiger partial charge < -0.3 is 14.9 Å². The molecule has 0 spiro atoms. The van der Waals surface area contributed by atoms with Crippen molar-refractivity contribution in [2.45, 2.75) is 51.4 Å². The first kappa shape index (κ1) is 18.9. The van der Waals surface area contributed by atoms with Gasteiger partial charge in [-0.2, -0.15) is 13.2 Å². The average Bonchev–Trinajstić information content (AvgIpc) is 2.35. The molecule has 0 saturated carbocycles. The maximum atomic E-state index is 12.9. The molecule has 0 radical (unpaired) electrons. The number of halogens is 3. The van der Waals surface area contributed by atoms with Gasteiger partial charge in [0.2, 0.25) is 6.41 Å². The third-order valence-electron chi connectivity index (χ3n) is 2.85. The molecule has 0 fully saturated rings. The van der Waals surface area contributed by atoms with Gasteiger partial charge in [0, 0.05) is 6.04 Å². The fraction of sp³-hybridized carbons (Fsp3) is 0.600. The van der Waals surface area contributed by atoms with Crippen molar-refractivity contribution in [3.63, 3.8) is 0 Å². The number of alkyl halides is 3. The van der Waals surface area contributed by atoms with Crippen LogP contribution in [-0.2, 0) is 17.3 Å². The Morgan fingerprint density at radius 2 is 1.77 bits per heavy atom. The van der Waals surface area contributed by atoms with Crippen LogP contribution in [-0.4, -0.2) is 34.9 Å². The summed E-state index contributed by atoms with van der Waals surface area (Å²) in [6, 6.07) is 4.39. The van der Waals surface area contributed by atoms with E-state index in [4.69, 9.17) is 4.74 Å². The second-order valence-corrected chi connectivity index (χ2v) is 5.99. The van der Waals surface area contributed by atoms with Crippen molar-refractivity contribution >= 4 is 0 Å². The highest BCUT2D eigenvalue weighted by molar-refractivity contribution is 5.30. The van der Waals surface area contributed by atoms with E-state index in [1.165, 1.54) is 18.2 Å². The zero-order chi connectivity index (χ0) is 17.0. The smallest absolute Gasteiger partial charge is 0.395 e. The first-order valence-electron chi connectivity index (χ1n) is 6.91. The molecule has 126 valence electrons. The van der Waals surface area contributed by atoms with Crippen LogP contribution in [0.25, 0.3) is 0 Å². The molecule has 1 rings (SSSR count). The van der Waals surface area contributed by atoms with Crippen LogP contribution in [0.4, 0.5) is 13.2 Å². The third-order valence-corrected chi connectivity index (χ3v) is 2.85. The molecule has 7 heteroatoms. The Balaban J connectivity index is 2.79. The van der Waals surface area contributed by atoms with Crippen molar-refractivity contribution in [1.82, 2.24) is 5.32 Å². The predicted octanol–water partition coefficient (Wildman–Crippen LogP) is 2.29. The molecule has 2 atom stereocenters. The van der Waals surface area contributed by atoms with Crippen LogP contribution in [0, 0.1) is 0 Å². The fourth-order valence-electron chi connectivity index (χ4n) is 1.99. The van der Waals surface area contributed by atoms with Crippen LogP contribution in [0.1, 0.15) is 31.9 Å². The normalized spacial score (nSPS) is 15.6. The van der Waals surface area contributed by atoms with Crippen LogP contribution < -0.4 is 5.32 Å². The maximum absolute atomic E-state index is 12.9. The van der Waals surface area contributed by atoms with E-state index in [9.17, 15) is 23.4 Å². The van der Waals surface area contributed by atoms with E-state index in [-0.39, 0.29) is 12.0 Å². The van der Waals surface area contributed by atoms with Crippen LogP contribution in [0.2, 0.25) is 0 Å². The molecular weight excluding hydrogens is 299 g/mol. The lowest BCUT2D eigenvalue weighted by atomic mass is 10.00. The van der Waals surface area contributed by atoms with Crippen molar-refractivity contribution in [2.75, 3.05) is 6.61 Å². The fourth-order valence-corrected chi connectivity index (χ4v) is 1.99. The number of benzene rings is 1. The minimum absolute atomic E-state index is 0.0458. The molecule has 0 bridgehead atoms. The van der Waals surface area contributed by atoms with Gasteiger partial charge in [-0.15, -0.1) is 0 Å². The molecule has 0 amide bonds. The second-order valence-electron chi connectivity index (χ2n) is 5.99. The Kier molecular flexibility index (Phi) is 6.37. The lowest BCUT2D eigenvalue weighted by Gasteiger charge is -2.28. The molecule has 0 aliphatic rings. The molecule has 0 aliphatic carbocycles. The lowest BCUT2D eigenvalue weighted by molar-refractivity contribution is -0.186. The van der Waals surface area contributed by atoms with Gasteiger partial charge in [-0.25, -0.2) is 0 Å². The zero-order valence-corrected chi connectivity index (χ0v) is 12.8. The third kappa shape index (κ3) is 6.31. The predicted molar refractivity (Wildman–Crippen MR) is 76.0 cm³/mol. The summed E-state index contributed by atoms with van der Waals surface area (Å²) in [7, 11) is 0. The van der Waals surface area contributed by atoms with E-state index in [0.717, 1.165) is 6.07 Å². The minimum atomic E-state index is -4.46. The summed E-state index contributed by atoms with van der Waals surface area (Å²) in [6.07, 6.45) is -5.93. The van der Waals surface area contributed by atoms with E-state index in [1.54, 1.807) is 20.8 Å². The lowest BCUT2D eigenvalue weighted by Crippen LogP contribution is -2.46. The van der Waals surface area contributed by atoms with Crippen LogP contribution in [0.5, 0.6) is 0 Å². The highest BCUT2D eigenvalue weighted by Gasteiger charge is 2.33. The first-order valence-corrected chi connectivity index (χ1v) is 6.91. The van der Waals surface area contributed by atoms with Crippen LogP contribution in [0.15, 0.2) is 24.3 Å². The van der Waals surface area contributed by atoms with Crippen molar-refractivity contribution in [1.29, 1.82) is 0 Å². The monoisotopic (exact) mass is 321 g/mol. The molecule has 22 heavy (non-hydrogen) atoms. The van der Waals surface area contributed by atoms with E-state index in [1.807, 2.05) is 0 Å². The van der Waals surface area contributed by atoms with Gasteiger partial charge >= 0.3 is 6.18 Å². The Morgan fingerprint density at radius 1 is 1.18 bits per heavy atom. The Labute approximate surface area is 127 Å². The molecule has 3 N–H and O–H groups in total. The largest absolute Gasteiger partial charge is 0.416 e. The van der Waals surface area contributed by atoms with Crippen LogP contribution >= 0.6 is 0 Å². The Hall–Kier alpha value is -1.15. The van der Waals surface area contributed by atoms with Gasteiger partial charge in [0.1, 0.15) is 0 Å². The zero-order valence-electron chi connectivity index (χ0n) is 12.8. The van der Waals surface area contributed by atoms with Crippen molar-refractivity contribution in [3.8, 4) is 0 Å². The quantitative estimate of drug-likeness (QED) is 0.704. The molecule has 0 heterocycles. The second kappa shape index (κ2) is 7.41. The highest BCUT2D eigenvalue weighted by atomic mass is 19.4. The number of hydrogen-bond acceptors (Lipinski definition) is 4. The summed E-state index contributed by atoms with van der Waals surface area (Å²) < 4.78 is 44.0.